The Morgan fingerprint density at radius 1 is 1.20 bits per heavy atom. The maximum atomic E-state index is 5.69. The summed E-state index contributed by atoms with van der Waals surface area (Å²) < 4.78 is 12.6. The predicted octanol–water partition coefficient (Wildman–Crippen LogP) is 2.67. The molecular formula is C15H22N2O2S. The van der Waals surface area contributed by atoms with Crippen molar-refractivity contribution in [3.05, 3.63) is 35.2 Å². The van der Waals surface area contributed by atoms with E-state index in [4.69, 9.17) is 15.3 Å². The van der Waals surface area contributed by atoms with E-state index < -0.39 is 0 Å². The van der Waals surface area contributed by atoms with Crippen LogP contribution in [0.15, 0.2) is 29.6 Å². The van der Waals surface area contributed by atoms with Crippen LogP contribution in [0.5, 0.6) is 0 Å². The Kier molecular flexibility index (Phi) is 5.94. The summed E-state index contributed by atoms with van der Waals surface area (Å²) in [5, 5.41) is 3.47. The molecule has 0 amide bonds. The van der Waals surface area contributed by atoms with Gasteiger partial charge in [-0.3, -0.25) is 11.3 Å². The molecule has 4 nitrogen and oxygen atoms in total. The monoisotopic (exact) mass is 294 g/mol. The number of nitrogens with one attached hydrogen (secondary N) is 1. The third-order valence-electron chi connectivity index (χ3n) is 3.21. The molecule has 0 bridgehead atoms. The molecule has 1 aromatic heterocycles. The second-order valence-corrected chi connectivity index (χ2v) is 5.42. The Bertz CT molecular complexity index is 523. The highest BCUT2D eigenvalue weighted by Gasteiger charge is 2.22. The van der Waals surface area contributed by atoms with Gasteiger partial charge in [0, 0.05) is 17.9 Å². The molecule has 0 spiro atoms. The number of hydrazine groups is 1. The number of hydrogen-bond donors (Lipinski definition) is 2. The van der Waals surface area contributed by atoms with Gasteiger partial charge in [0.25, 0.3) is 0 Å². The molecule has 2 rings (SSSR count). The summed E-state index contributed by atoms with van der Waals surface area (Å²) in [5.41, 5.74) is 4.11. The molecule has 20 heavy (non-hydrogen) atoms. The standard InChI is InChI=1S/C15H22N2O2S/c1-3-18-15(19-4-2)13(17-16)9-11-10-20-14-8-6-5-7-12(11)14/h5-8,10,13,15,17H,3-4,9,16H2,1-2H3. The van der Waals surface area contributed by atoms with E-state index in [0.29, 0.717) is 13.2 Å². The Balaban J connectivity index is 2.16. The van der Waals surface area contributed by atoms with Crippen molar-refractivity contribution in [2.45, 2.75) is 32.6 Å². The van der Waals surface area contributed by atoms with Gasteiger partial charge in [-0.2, -0.15) is 0 Å². The van der Waals surface area contributed by atoms with Gasteiger partial charge >= 0.3 is 0 Å². The lowest BCUT2D eigenvalue weighted by Gasteiger charge is -2.26. The molecule has 0 aliphatic carbocycles. The van der Waals surface area contributed by atoms with Gasteiger partial charge in [-0.05, 0) is 42.7 Å². The van der Waals surface area contributed by atoms with Crippen LogP contribution in [-0.2, 0) is 15.9 Å². The zero-order valence-electron chi connectivity index (χ0n) is 12.0. The van der Waals surface area contributed by atoms with Crippen molar-refractivity contribution in [1.29, 1.82) is 0 Å². The van der Waals surface area contributed by atoms with E-state index in [2.05, 4.69) is 35.1 Å². The quantitative estimate of drug-likeness (QED) is 0.446. The highest BCUT2D eigenvalue weighted by atomic mass is 32.1. The Morgan fingerprint density at radius 2 is 1.90 bits per heavy atom. The molecule has 110 valence electrons. The SMILES string of the molecule is CCOC(OCC)C(Cc1csc2ccccc12)NN. The van der Waals surface area contributed by atoms with Gasteiger partial charge in [0.2, 0.25) is 0 Å². The fourth-order valence-electron chi connectivity index (χ4n) is 2.27. The van der Waals surface area contributed by atoms with Crippen LogP contribution in [0.3, 0.4) is 0 Å². The Labute approximate surface area is 123 Å². The van der Waals surface area contributed by atoms with Gasteiger partial charge in [-0.25, -0.2) is 0 Å². The molecule has 1 atom stereocenters. The minimum Gasteiger partial charge on any atom is -0.351 e. The van der Waals surface area contributed by atoms with Crippen LogP contribution >= 0.6 is 11.3 Å². The van der Waals surface area contributed by atoms with Crippen LogP contribution in [0, 0.1) is 0 Å². The van der Waals surface area contributed by atoms with Crippen LogP contribution in [-0.4, -0.2) is 25.5 Å². The van der Waals surface area contributed by atoms with Gasteiger partial charge in [-0.15, -0.1) is 11.3 Å². The molecule has 0 radical (unpaired) electrons. The number of nitrogens with two attached hydrogens (primary N) is 1. The predicted molar refractivity (Wildman–Crippen MR) is 83.7 cm³/mol. The zero-order chi connectivity index (χ0) is 14.4. The van der Waals surface area contributed by atoms with E-state index in [9.17, 15) is 0 Å². The van der Waals surface area contributed by atoms with E-state index >= 15 is 0 Å². The van der Waals surface area contributed by atoms with Gasteiger partial charge in [-0.1, -0.05) is 18.2 Å². The summed E-state index contributed by atoms with van der Waals surface area (Å²) in [5.74, 6) is 5.69. The third-order valence-corrected chi connectivity index (χ3v) is 4.22. The van der Waals surface area contributed by atoms with E-state index in [1.807, 2.05) is 13.8 Å². The number of rotatable bonds is 8. The first-order chi connectivity index (χ1) is 9.80. The summed E-state index contributed by atoms with van der Waals surface area (Å²) in [6.07, 6.45) is 0.458. The largest absolute Gasteiger partial charge is 0.351 e. The smallest absolute Gasteiger partial charge is 0.174 e. The van der Waals surface area contributed by atoms with Crippen LogP contribution in [0.1, 0.15) is 19.4 Å². The third kappa shape index (κ3) is 3.56. The van der Waals surface area contributed by atoms with Gasteiger partial charge in [0.15, 0.2) is 6.29 Å². The van der Waals surface area contributed by atoms with Crippen molar-refractivity contribution >= 4 is 21.4 Å². The number of ether oxygens (including phenoxy) is 2. The van der Waals surface area contributed by atoms with Crippen molar-refractivity contribution < 1.29 is 9.47 Å². The van der Waals surface area contributed by atoms with Crippen LogP contribution in [0.2, 0.25) is 0 Å². The Hall–Kier alpha value is -0.980. The minimum absolute atomic E-state index is 0.0621. The first kappa shape index (κ1) is 15.4. The molecule has 2 aromatic rings. The van der Waals surface area contributed by atoms with Crippen molar-refractivity contribution in [3.63, 3.8) is 0 Å². The van der Waals surface area contributed by atoms with Crippen molar-refractivity contribution in [2.24, 2.45) is 5.84 Å². The number of fused-ring (bicyclic) bond motifs is 1. The number of hydrogen-bond acceptors (Lipinski definition) is 5. The Morgan fingerprint density at radius 3 is 2.55 bits per heavy atom. The normalized spacial score (nSPS) is 13.2. The zero-order valence-corrected chi connectivity index (χ0v) is 12.8. The van der Waals surface area contributed by atoms with Crippen molar-refractivity contribution in [3.8, 4) is 0 Å². The van der Waals surface area contributed by atoms with Crippen LogP contribution < -0.4 is 11.3 Å². The highest BCUT2D eigenvalue weighted by molar-refractivity contribution is 7.17. The molecule has 1 aromatic carbocycles. The molecule has 0 saturated carbocycles. The maximum absolute atomic E-state index is 5.69. The molecule has 1 heterocycles. The average Bonchev–Trinajstić information content (AvgIpc) is 2.88. The summed E-state index contributed by atoms with van der Waals surface area (Å²) in [4.78, 5) is 0. The summed E-state index contributed by atoms with van der Waals surface area (Å²) in [6, 6.07) is 8.34. The lowest BCUT2D eigenvalue weighted by Crippen LogP contribution is -2.47. The molecular weight excluding hydrogens is 272 g/mol. The van der Waals surface area contributed by atoms with E-state index in [0.717, 1.165) is 6.42 Å². The van der Waals surface area contributed by atoms with Crippen LogP contribution in [0.25, 0.3) is 10.1 Å². The first-order valence-corrected chi connectivity index (χ1v) is 7.82. The van der Waals surface area contributed by atoms with E-state index in [-0.39, 0.29) is 12.3 Å². The van der Waals surface area contributed by atoms with Crippen molar-refractivity contribution in [2.75, 3.05) is 13.2 Å². The van der Waals surface area contributed by atoms with Gasteiger partial charge in [0.05, 0.1) is 6.04 Å². The summed E-state index contributed by atoms with van der Waals surface area (Å²) in [6.45, 7) is 5.12. The lowest BCUT2D eigenvalue weighted by molar-refractivity contribution is -0.153. The molecule has 5 heteroatoms. The second-order valence-electron chi connectivity index (χ2n) is 4.51. The lowest BCUT2D eigenvalue weighted by atomic mass is 10.0. The summed E-state index contributed by atoms with van der Waals surface area (Å²) >= 11 is 1.75. The first-order valence-electron chi connectivity index (χ1n) is 6.94. The summed E-state index contributed by atoms with van der Waals surface area (Å²) in [7, 11) is 0. The molecule has 3 N–H and O–H groups in total. The fourth-order valence-corrected chi connectivity index (χ4v) is 3.25. The molecule has 1 unspecified atom stereocenters. The molecule has 0 saturated heterocycles. The van der Waals surface area contributed by atoms with Crippen LogP contribution in [0.4, 0.5) is 0 Å². The minimum atomic E-state index is -0.325. The maximum Gasteiger partial charge on any atom is 0.174 e. The fraction of sp³-hybridized carbons (Fsp3) is 0.467. The average molecular weight is 294 g/mol. The van der Waals surface area contributed by atoms with E-state index in [1.54, 1.807) is 11.3 Å². The molecule has 0 aliphatic heterocycles. The van der Waals surface area contributed by atoms with Gasteiger partial charge < -0.3 is 9.47 Å². The van der Waals surface area contributed by atoms with E-state index in [1.165, 1.54) is 15.6 Å². The molecule has 0 aliphatic rings. The van der Waals surface area contributed by atoms with Crippen molar-refractivity contribution in [1.82, 2.24) is 5.43 Å². The van der Waals surface area contributed by atoms with Gasteiger partial charge in [0.1, 0.15) is 0 Å². The highest BCUT2D eigenvalue weighted by Crippen LogP contribution is 2.27. The number of benzene rings is 1. The topological polar surface area (TPSA) is 56.5 Å². The second kappa shape index (κ2) is 7.71. The number of thiophene rings is 1. The molecule has 0 fully saturated rings.